The molecule has 1 saturated heterocycles. The smallest absolute Gasteiger partial charge is 0.250 e. The number of hydrogen-bond acceptors (Lipinski definition) is 3. The fourth-order valence-electron chi connectivity index (χ4n) is 2.88. The molecule has 3 rings (SSSR count). The van der Waals surface area contributed by atoms with E-state index >= 15 is 0 Å². The van der Waals surface area contributed by atoms with E-state index in [0.29, 0.717) is 19.5 Å². The van der Waals surface area contributed by atoms with Gasteiger partial charge in [-0.25, -0.2) is 0 Å². The normalized spacial score (nSPS) is 17.4. The minimum absolute atomic E-state index is 0.0573. The number of pyridine rings is 1. The molecule has 1 aliphatic rings. The molecule has 2 amide bonds. The molecule has 0 saturated carbocycles. The van der Waals surface area contributed by atoms with Gasteiger partial charge in [0.15, 0.2) is 0 Å². The van der Waals surface area contributed by atoms with Crippen LogP contribution in [-0.4, -0.2) is 40.4 Å². The molecule has 2 heterocycles. The van der Waals surface area contributed by atoms with Crippen LogP contribution in [0.1, 0.15) is 5.56 Å². The van der Waals surface area contributed by atoms with Gasteiger partial charge in [0.25, 0.3) is 5.56 Å². The second-order valence-corrected chi connectivity index (χ2v) is 5.75. The molecule has 1 aromatic carbocycles. The average Bonchev–Trinajstić information content (AvgIpc) is 2.59. The highest BCUT2D eigenvalue weighted by molar-refractivity contribution is 5.89. The van der Waals surface area contributed by atoms with Gasteiger partial charge in [-0.1, -0.05) is 36.4 Å². The zero-order valence-electron chi connectivity index (χ0n) is 13.2. The Kier molecular flexibility index (Phi) is 4.74. The fraction of sp³-hybridized carbons (Fsp3) is 0.278. The molecule has 0 spiro atoms. The molecular formula is C18H19N3O3. The fourth-order valence-corrected chi connectivity index (χ4v) is 2.88. The summed E-state index contributed by atoms with van der Waals surface area (Å²) in [5, 5.41) is 2.81. The molecule has 1 atom stereocenters. The lowest BCUT2D eigenvalue weighted by Gasteiger charge is -2.35. The molecule has 0 radical (unpaired) electrons. The summed E-state index contributed by atoms with van der Waals surface area (Å²) in [6.07, 6.45) is 2.04. The second-order valence-electron chi connectivity index (χ2n) is 5.75. The van der Waals surface area contributed by atoms with Gasteiger partial charge in [-0.2, -0.15) is 0 Å². The molecule has 6 heteroatoms. The number of amides is 2. The van der Waals surface area contributed by atoms with E-state index in [1.165, 1.54) is 10.6 Å². The Hall–Kier alpha value is -2.89. The molecule has 24 heavy (non-hydrogen) atoms. The predicted molar refractivity (Wildman–Crippen MR) is 89.4 cm³/mol. The van der Waals surface area contributed by atoms with Crippen molar-refractivity contribution in [3.8, 4) is 0 Å². The number of rotatable bonds is 4. The lowest BCUT2D eigenvalue weighted by Crippen LogP contribution is -2.58. The Bertz CT molecular complexity index is 785. The van der Waals surface area contributed by atoms with Gasteiger partial charge in [-0.15, -0.1) is 0 Å². The first kappa shape index (κ1) is 16.0. The van der Waals surface area contributed by atoms with Gasteiger partial charge in [-0.05, 0) is 11.6 Å². The predicted octanol–water partition coefficient (Wildman–Crippen LogP) is 0.418. The highest BCUT2D eigenvalue weighted by Gasteiger charge is 2.33. The third-order valence-corrected chi connectivity index (χ3v) is 4.13. The maximum atomic E-state index is 12.7. The van der Waals surface area contributed by atoms with Gasteiger partial charge >= 0.3 is 0 Å². The van der Waals surface area contributed by atoms with Crippen LogP contribution >= 0.6 is 0 Å². The Morgan fingerprint density at radius 2 is 1.83 bits per heavy atom. The van der Waals surface area contributed by atoms with Crippen molar-refractivity contribution in [3.63, 3.8) is 0 Å². The van der Waals surface area contributed by atoms with Crippen molar-refractivity contribution in [2.75, 3.05) is 13.1 Å². The Morgan fingerprint density at radius 1 is 1.08 bits per heavy atom. The number of carbonyl (C=O) groups excluding carboxylic acids is 2. The monoisotopic (exact) mass is 325 g/mol. The molecule has 1 fully saturated rings. The van der Waals surface area contributed by atoms with Crippen molar-refractivity contribution >= 4 is 11.8 Å². The summed E-state index contributed by atoms with van der Waals surface area (Å²) in [7, 11) is 0. The van der Waals surface area contributed by atoms with E-state index in [1.54, 1.807) is 23.2 Å². The van der Waals surface area contributed by atoms with Crippen LogP contribution in [0.2, 0.25) is 0 Å². The lowest BCUT2D eigenvalue weighted by molar-refractivity contribution is -0.143. The van der Waals surface area contributed by atoms with Crippen LogP contribution in [0, 0.1) is 0 Å². The van der Waals surface area contributed by atoms with Crippen molar-refractivity contribution < 1.29 is 9.59 Å². The standard InChI is InChI=1S/C18H19N3O3/c22-16-8-4-5-10-20(16)13-17(23)21-11-9-19-18(24)15(21)12-14-6-2-1-3-7-14/h1-8,10,15H,9,11-13H2,(H,19,24). The largest absolute Gasteiger partial charge is 0.353 e. The maximum absolute atomic E-state index is 12.7. The first-order valence-electron chi connectivity index (χ1n) is 7.92. The third-order valence-electron chi connectivity index (χ3n) is 4.13. The Labute approximate surface area is 139 Å². The van der Waals surface area contributed by atoms with Crippen LogP contribution < -0.4 is 10.9 Å². The minimum atomic E-state index is -0.548. The highest BCUT2D eigenvalue weighted by atomic mass is 16.2. The summed E-state index contributed by atoms with van der Waals surface area (Å²) in [6.45, 7) is 0.821. The number of aromatic nitrogens is 1. The summed E-state index contributed by atoms with van der Waals surface area (Å²) in [6, 6.07) is 13.8. The van der Waals surface area contributed by atoms with E-state index in [1.807, 2.05) is 30.3 Å². The van der Waals surface area contributed by atoms with Crippen LogP contribution in [0.15, 0.2) is 59.5 Å². The van der Waals surface area contributed by atoms with Crippen LogP contribution in [0.25, 0.3) is 0 Å². The van der Waals surface area contributed by atoms with E-state index in [0.717, 1.165) is 5.56 Å². The van der Waals surface area contributed by atoms with E-state index < -0.39 is 6.04 Å². The molecule has 124 valence electrons. The van der Waals surface area contributed by atoms with Crippen molar-refractivity contribution in [2.24, 2.45) is 0 Å². The molecule has 1 aliphatic heterocycles. The van der Waals surface area contributed by atoms with E-state index in [4.69, 9.17) is 0 Å². The number of nitrogens with zero attached hydrogens (tertiary/aromatic N) is 2. The molecule has 1 N–H and O–H groups in total. The van der Waals surface area contributed by atoms with Crippen LogP contribution in [0.5, 0.6) is 0 Å². The molecule has 0 aliphatic carbocycles. The molecule has 6 nitrogen and oxygen atoms in total. The third kappa shape index (κ3) is 3.53. The summed E-state index contributed by atoms with van der Waals surface area (Å²) in [5.41, 5.74) is 0.765. The number of hydrogen-bond donors (Lipinski definition) is 1. The first-order chi connectivity index (χ1) is 11.6. The summed E-state index contributed by atoms with van der Waals surface area (Å²) in [5.74, 6) is -0.377. The van der Waals surface area contributed by atoms with Gasteiger partial charge in [0.2, 0.25) is 11.8 Å². The van der Waals surface area contributed by atoms with E-state index in [9.17, 15) is 14.4 Å². The minimum Gasteiger partial charge on any atom is -0.353 e. The average molecular weight is 325 g/mol. The van der Waals surface area contributed by atoms with Crippen LogP contribution in [-0.2, 0) is 22.6 Å². The first-order valence-corrected chi connectivity index (χ1v) is 7.92. The maximum Gasteiger partial charge on any atom is 0.250 e. The van der Waals surface area contributed by atoms with Gasteiger partial charge < -0.3 is 14.8 Å². The number of nitrogens with one attached hydrogen (secondary N) is 1. The SMILES string of the molecule is O=C1NCCN(C(=O)Cn2ccccc2=O)C1Cc1ccccc1. The van der Waals surface area contributed by atoms with Gasteiger partial charge in [0.05, 0.1) is 0 Å². The zero-order valence-corrected chi connectivity index (χ0v) is 13.2. The second kappa shape index (κ2) is 7.12. The van der Waals surface area contributed by atoms with Gasteiger partial charge in [0.1, 0.15) is 12.6 Å². The van der Waals surface area contributed by atoms with E-state index in [-0.39, 0.29) is 23.9 Å². The van der Waals surface area contributed by atoms with Crippen LogP contribution in [0.4, 0.5) is 0 Å². The van der Waals surface area contributed by atoms with Crippen molar-refractivity contribution in [3.05, 3.63) is 70.6 Å². The summed E-state index contributed by atoms with van der Waals surface area (Å²) >= 11 is 0. The zero-order chi connectivity index (χ0) is 16.9. The molecule has 1 aromatic heterocycles. The quantitative estimate of drug-likeness (QED) is 0.885. The number of piperazine rings is 1. The molecule has 2 aromatic rings. The van der Waals surface area contributed by atoms with Gasteiger partial charge in [-0.3, -0.25) is 14.4 Å². The number of benzene rings is 1. The van der Waals surface area contributed by atoms with Crippen molar-refractivity contribution in [1.29, 1.82) is 0 Å². The lowest BCUT2D eigenvalue weighted by atomic mass is 10.0. The Morgan fingerprint density at radius 3 is 2.58 bits per heavy atom. The summed E-state index contributed by atoms with van der Waals surface area (Å²) < 4.78 is 1.36. The molecule has 1 unspecified atom stereocenters. The molecular weight excluding hydrogens is 306 g/mol. The topological polar surface area (TPSA) is 71.4 Å². The van der Waals surface area contributed by atoms with Crippen molar-refractivity contribution in [1.82, 2.24) is 14.8 Å². The Balaban J connectivity index is 1.78. The highest BCUT2D eigenvalue weighted by Crippen LogP contribution is 2.13. The van der Waals surface area contributed by atoms with E-state index in [2.05, 4.69) is 5.32 Å². The summed E-state index contributed by atoms with van der Waals surface area (Å²) in [4.78, 5) is 38.3. The van der Waals surface area contributed by atoms with Crippen LogP contribution in [0.3, 0.4) is 0 Å². The molecule has 0 bridgehead atoms. The van der Waals surface area contributed by atoms with Gasteiger partial charge in [0, 0.05) is 31.8 Å². The number of carbonyl (C=O) groups is 2. The van der Waals surface area contributed by atoms with Crippen molar-refractivity contribution in [2.45, 2.75) is 19.0 Å².